The number of rotatable bonds is 3. The number of sulfonamides is 1. The lowest BCUT2D eigenvalue weighted by molar-refractivity contribution is 0.570. The molecule has 0 saturated carbocycles. The van der Waals surface area contributed by atoms with Crippen LogP contribution in [0.3, 0.4) is 0 Å². The highest BCUT2D eigenvalue weighted by molar-refractivity contribution is 9.10. The molecule has 8 heteroatoms. The van der Waals surface area contributed by atoms with E-state index in [4.69, 9.17) is 11.6 Å². The molecule has 0 radical (unpaired) electrons. The Hall–Kier alpha value is -1.18. The third kappa shape index (κ3) is 3.28. The molecule has 0 aliphatic rings. The van der Waals surface area contributed by atoms with Crippen LogP contribution in [0.1, 0.15) is 5.69 Å². The van der Waals surface area contributed by atoms with Crippen molar-refractivity contribution in [1.82, 2.24) is 4.98 Å². The first kappa shape index (κ1) is 15.2. The van der Waals surface area contributed by atoms with Crippen LogP contribution in [0.2, 0.25) is 5.15 Å². The van der Waals surface area contributed by atoms with Gasteiger partial charge in [-0.3, -0.25) is 4.72 Å². The average Bonchev–Trinajstić information content (AvgIpc) is 2.32. The Morgan fingerprint density at radius 3 is 2.60 bits per heavy atom. The first-order valence-electron chi connectivity index (χ1n) is 5.40. The third-order valence-corrected chi connectivity index (χ3v) is 4.58. The molecular formula is C12H9BrClFN2O2S. The SMILES string of the molecule is Cc1nc(Cl)ccc1NS(=O)(=O)c1ccc(Br)cc1F. The zero-order valence-electron chi connectivity index (χ0n) is 10.2. The number of hydrogen-bond acceptors (Lipinski definition) is 3. The largest absolute Gasteiger partial charge is 0.278 e. The van der Waals surface area contributed by atoms with E-state index in [-0.39, 0.29) is 10.8 Å². The van der Waals surface area contributed by atoms with Gasteiger partial charge in [-0.2, -0.15) is 0 Å². The van der Waals surface area contributed by atoms with Crippen LogP contribution < -0.4 is 4.72 Å². The Balaban J connectivity index is 2.41. The Morgan fingerprint density at radius 2 is 2.00 bits per heavy atom. The fraction of sp³-hybridized carbons (Fsp3) is 0.0833. The summed E-state index contributed by atoms with van der Waals surface area (Å²) < 4.78 is 40.8. The number of aryl methyl sites for hydroxylation is 1. The molecule has 0 fully saturated rings. The van der Waals surface area contributed by atoms with Crippen molar-refractivity contribution >= 4 is 43.2 Å². The number of hydrogen-bond donors (Lipinski definition) is 1. The standard InChI is InChI=1S/C12H9BrClFN2O2S/c1-7-10(3-5-12(14)16-7)17-20(18,19)11-4-2-8(13)6-9(11)15/h2-6,17H,1H3. The zero-order valence-corrected chi connectivity index (χ0v) is 13.4. The second-order valence-corrected chi connectivity index (χ2v) is 6.90. The fourth-order valence-corrected chi connectivity index (χ4v) is 3.23. The van der Waals surface area contributed by atoms with Crippen molar-refractivity contribution in [3.63, 3.8) is 0 Å². The van der Waals surface area contributed by atoms with E-state index in [2.05, 4.69) is 25.6 Å². The van der Waals surface area contributed by atoms with Gasteiger partial charge >= 0.3 is 0 Å². The smallest absolute Gasteiger partial charge is 0.264 e. The number of benzene rings is 1. The maximum absolute atomic E-state index is 13.7. The normalized spacial score (nSPS) is 11.4. The molecular weight excluding hydrogens is 371 g/mol. The topological polar surface area (TPSA) is 59.1 Å². The molecule has 1 aromatic heterocycles. The predicted octanol–water partition coefficient (Wildman–Crippen LogP) is 3.75. The number of halogens is 3. The van der Waals surface area contributed by atoms with Crippen molar-refractivity contribution < 1.29 is 12.8 Å². The van der Waals surface area contributed by atoms with Gasteiger partial charge in [0.05, 0.1) is 11.4 Å². The Morgan fingerprint density at radius 1 is 1.30 bits per heavy atom. The molecule has 2 aromatic rings. The van der Waals surface area contributed by atoms with Crippen LogP contribution in [0.25, 0.3) is 0 Å². The van der Waals surface area contributed by atoms with Gasteiger partial charge in [0.15, 0.2) is 0 Å². The summed E-state index contributed by atoms with van der Waals surface area (Å²) in [5, 5.41) is 0.250. The van der Waals surface area contributed by atoms with Crippen LogP contribution in [0, 0.1) is 12.7 Å². The maximum atomic E-state index is 13.7. The summed E-state index contributed by atoms with van der Waals surface area (Å²) in [7, 11) is -4.03. The van der Waals surface area contributed by atoms with E-state index in [9.17, 15) is 12.8 Å². The lowest BCUT2D eigenvalue weighted by Gasteiger charge is -2.11. The Labute approximate surface area is 129 Å². The number of nitrogens with one attached hydrogen (secondary N) is 1. The van der Waals surface area contributed by atoms with E-state index in [0.29, 0.717) is 10.2 Å². The molecule has 0 atom stereocenters. The van der Waals surface area contributed by atoms with Crippen LogP contribution in [-0.4, -0.2) is 13.4 Å². The minimum absolute atomic E-state index is 0.247. The number of aromatic nitrogens is 1. The van der Waals surface area contributed by atoms with Crippen molar-refractivity contribution in [2.75, 3.05) is 4.72 Å². The van der Waals surface area contributed by atoms with Gasteiger partial charge in [-0.1, -0.05) is 27.5 Å². The lowest BCUT2D eigenvalue weighted by atomic mass is 10.3. The molecule has 1 heterocycles. The van der Waals surface area contributed by atoms with Gasteiger partial charge in [0, 0.05) is 4.47 Å². The van der Waals surface area contributed by atoms with Crippen LogP contribution >= 0.6 is 27.5 Å². The van der Waals surface area contributed by atoms with Crippen LogP contribution in [0.15, 0.2) is 39.7 Å². The summed E-state index contributed by atoms with van der Waals surface area (Å²) in [5.41, 5.74) is 0.648. The van der Waals surface area contributed by atoms with Gasteiger partial charge in [-0.15, -0.1) is 0 Å². The summed E-state index contributed by atoms with van der Waals surface area (Å²) in [6.45, 7) is 1.60. The number of nitrogens with zero attached hydrogens (tertiary/aromatic N) is 1. The molecule has 1 N–H and O–H groups in total. The van der Waals surface area contributed by atoms with Gasteiger partial charge in [0.2, 0.25) is 0 Å². The minimum Gasteiger partial charge on any atom is -0.278 e. The minimum atomic E-state index is -4.03. The summed E-state index contributed by atoms with van der Waals surface area (Å²) in [6.07, 6.45) is 0. The summed E-state index contributed by atoms with van der Waals surface area (Å²) in [4.78, 5) is 3.49. The van der Waals surface area contributed by atoms with E-state index >= 15 is 0 Å². The van der Waals surface area contributed by atoms with Crippen LogP contribution in [-0.2, 0) is 10.0 Å². The van der Waals surface area contributed by atoms with Crippen LogP contribution in [0.4, 0.5) is 10.1 Å². The van der Waals surface area contributed by atoms with E-state index in [1.54, 1.807) is 6.92 Å². The average molecular weight is 380 g/mol. The molecule has 106 valence electrons. The van der Waals surface area contributed by atoms with E-state index in [1.807, 2.05) is 0 Å². The number of anilines is 1. The molecule has 0 amide bonds. The molecule has 1 aromatic carbocycles. The zero-order chi connectivity index (χ0) is 14.9. The highest BCUT2D eigenvalue weighted by Gasteiger charge is 2.20. The van der Waals surface area contributed by atoms with Crippen molar-refractivity contribution in [2.24, 2.45) is 0 Å². The summed E-state index contributed by atoms with van der Waals surface area (Å²) >= 11 is 8.76. The predicted molar refractivity (Wildman–Crippen MR) is 78.9 cm³/mol. The van der Waals surface area contributed by atoms with Crippen molar-refractivity contribution in [3.05, 3.63) is 51.5 Å². The molecule has 0 saturated heterocycles. The second kappa shape index (κ2) is 5.67. The molecule has 0 aliphatic carbocycles. The van der Waals surface area contributed by atoms with Crippen molar-refractivity contribution in [1.29, 1.82) is 0 Å². The van der Waals surface area contributed by atoms with Gasteiger partial charge < -0.3 is 0 Å². The Bertz CT molecular complexity index is 768. The van der Waals surface area contributed by atoms with Gasteiger partial charge in [-0.05, 0) is 37.3 Å². The summed E-state index contributed by atoms with van der Waals surface area (Å²) in [5.74, 6) is -0.841. The molecule has 2 rings (SSSR count). The molecule has 0 bridgehead atoms. The molecule has 0 aliphatic heterocycles. The summed E-state index contributed by atoms with van der Waals surface area (Å²) in [6, 6.07) is 6.63. The van der Waals surface area contributed by atoms with E-state index in [1.165, 1.54) is 24.3 Å². The highest BCUT2D eigenvalue weighted by atomic mass is 79.9. The van der Waals surface area contributed by atoms with Crippen molar-refractivity contribution in [2.45, 2.75) is 11.8 Å². The molecule has 20 heavy (non-hydrogen) atoms. The molecule has 0 unspecified atom stereocenters. The van der Waals surface area contributed by atoms with E-state index < -0.39 is 20.7 Å². The molecule has 0 spiro atoms. The van der Waals surface area contributed by atoms with E-state index in [0.717, 1.165) is 6.07 Å². The van der Waals surface area contributed by atoms with Crippen molar-refractivity contribution in [3.8, 4) is 0 Å². The third-order valence-electron chi connectivity index (χ3n) is 2.48. The first-order chi connectivity index (χ1) is 9.29. The highest BCUT2D eigenvalue weighted by Crippen LogP contribution is 2.23. The molecule has 4 nitrogen and oxygen atoms in total. The first-order valence-corrected chi connectivity index (χ1v) is 8.06. The monoisotopic (exact) mass is 378 g/mol. The number of pyridine rings is 1. The Kier molecular flexibility index (Phi) is 4.31. The lowest BCUT2D eigenvalue weighted by Crippen LogP contribution is -2.15. The quantitative estimate of drug-likeness (QED) is 0.826. The van der Waals surface area contributed by atoms with Crippen LogP contribution in [0.5, 0.6) is 0 Å². The maximum Gasteiger partial charge on any atom is 0.264 e. The van der Waals surface area contributed by atoms with Gasteiger partial charge in [-0.25, -0.2) is 17.8 Å². The fourth-order valence-electron chi connectivity index (χ4n) is 1.53. The van der Waals surface area contributed by atoms with Gasteiger partial charge in [0.25, 0.3) is 10.0 Å². The second-order valence-electron chi connectivity index (χ2n) is 3.95. The van der Waals surface area contributed by atoms with Gasteiger partial charge in [0.1, 0.15) is 15.9 Å².